The van der Waals surface area contributed by atoms with E-state index in [9.17, 15) is 0 Å². The second-order valence-electron chi connectivity index (χ2n) is 4.65. The van der Waals surface area contributed by atoms with Crippen LogP contribution in [0.5, 0.6) is 17.4 Å². The van der Waals surface area contributed by atoms with Gasteiger partial charge in [-0.05, 0) is 25.5 Å². The Morgan fingerprint density at radius 3 is 2.62 bits per heavy atom. The van der Waals surface area contributed by atoms with E-state index in [2.05, 4.69) is 12.0 Å². The van der Waals surface area contributed by atoms with Crippen molar-refractivity contribution in [1.82, 2.24) is 9.78 Å². The molecule has 0 aliphatic heterocycles. The second kappa shape index (κ2) is 6.58. The van der Waals surface area contributed by atoms with Crippen LogP contribution in [-0.4, -0.2) is 21.4 Å². The number of nitrogens with zero attached hydrogens (tertiary/aromatic N) is 2. The van der Waals surface area contributed by atoms with Gasteiger partial charge in [0.15, 0.2) is 11.5 Å². The molecular weight excluding hydrogens is 286 g/mol. The molecule has 0 atom stereocenters. The third kappa shape index (κ3) is 3.33. The Kier molecular flexibility index (Phi) is 4.80. The fourth-order valence-electron chi connectivity index (χ4n) is 2.01. The Labute approximate surface area is 129 Å². The average Bonchev–Trinajstić information content (AvgIpc) is 2.72. The zero-order chi connectivity index (χ0) is 15.4. The van der Waals surface area contributed by atoms with Gasteiger partial charge in [-0.2, -0.15) is 5.10 Å². The molecule has 112 valence electrons. The Bertz CT molecular complexity index is 652. The Morgan fingerprint density at radius 1 is 1.33 bits per heavy atom. The molecule has 0 spiro atoms. The van der Waals surface area contributed by atoms with E-state index in [1.165, 1.54) is 0 Å². The van der Waals surface area contributed by atoms with Gasteiger partial charge in [0.2, 0.25) is 5.88 Å². The van der Waals surface area contributed by atoms with Crippen molar-refractivity contribution in [3.63, 3.8) is 0 Å². The van der Waals surface area contributed by atoms with Crippen molar-refractivity contribution >= 4 is 17.2 Å². The van der Waals surface area contributed by atoms with E-state index in [0.717, 1.165) is 12.1 Å². The maximum absolute atomic E-state index is 5.96. The Hall–Kier alpha value is -2.08. The van der Waals surface area contributed by atoms with Gasteiger partial charge in [0.25, 0.3) is 0 Å². The van der Waals surface area contributed by atoms with Gasteiger partial charge in [-0.25, -0.2) is 4.68 Å². The van der Waals surface area contributed by atoms with Crippen LogP contribution in [0.2, 0.25) is 0 Å². The molecule has 0 aliphatic rings. The summed E-state index contributed by atoms with van der Waals surface area (Å²) in [4.78, 5) is 0.266. The highest BCUT2D eigenvalue weighted by Crippen LogP contribution is 2.33. The van der Waals surface area contributed by atoms with Crippen LogP contribution in [0.15, 0.2) is 24.3 Å². The molecule has 21 heavy (non-hydrogen) atoms. The van der Waals surface area contributed by atoms with Crippen molar-refractivity contribution in [3.8, 4) is 17.4 Å². The van der Waals surface area contributed by atoms with Gasteiger partial charge in [-0.1, -0.05) is 31.3 Å². The summed E-state index contributed by atoms with van der Waals surface area (Å²) >= 11 is 5.08. The normalized spacial score (nSPS) is 10.4. The number of aromatic nitrogens is 2. The molecule has 2 aromatic rings. The number of ether oxygens (including phenoxy) is 2. The van der Waals surface area contributed by atoms with E-state index in [4.69, 9.17) is 27.4 Å². The molecule has 0 bridgehead atoms. The number of rotatable bonds is 6. The first kappa shape index (κ1) is 15.3. The number of aryl methyl sites for hydroxylation is 2. The lowest BCUT2D eigenvalue weighted by Crippen LogP contribution is -2.11. The molecule has 1 aromatic carbocycles. The van der Waals surface area contributed by atoms with E-state index in [-0.39, 0.29) is 4.99 Å². The van der Waals surface area contributed by atoms with E-state index in [0.29, 0.717) is 29.5 Å². The topological polar surface area (TPSA) is 62.3 Å². The second-order valence-corrected chi connectivity index (χ2v) is 5.09. The first-order valence-corrected chi connectivity index (χ1v) is 7.18. The molecule has 0 radical (unpaired) electrons. The predicted molar refractivity (Wildman–Crippen MR) is 86.1 cm³/mol. The number of para-hydroxylation sites is 2. The van der Waals surface area contributed by atoms with Crippen molar-refractivity contribution < 1.29 is 9.47 Å². The summed E-state index contributed by atoms with van der Waals surface area (Å²) in [6.07, 6.45) is 0.928. The van der Waals surface area contributed by atoms with E-state index in [1.54, 1.807) is 11.7 Å². The van der Waals surface area contributed by atoms with Crippen LogP contribution in [0, 0.1) is 6.92 Å². The van der Waals surface area contributed by atoms with Crippen molar-refractivity contribution in [2.75, 3.05) is 6.61 Å². The zero-order valence-corrected chi connectivity index (χ0v) is 13.2. The lowest BCUT2D eigenvalue weighted by Gasteiger charge is -2.13. The molecule has 0 aliphatic carbocycles. The third-order valence-electron chi connectivity index (χ3n) is 2.93. The summed E-state index contributed by atoms with van der Waals surface area (Å²) in [6.45, 7) is 4.53. The van der Waals surface area contributed by atoms with Crippen LogP contribution < -0.4 is 15.2 Å². The maximum atomic E-state index is 5.96. The molecule has 2 rings (SSSR count). The van der Waals surface area contributed by atoms with Gasteiger partial charge >= 0.3 is 0 Å². The SMILES string of the molecule is CCCOc1ccccc1Oc1c(C(N)=S)c(C)nn1C. The molecule has 0 amide bonds. The van der Waals surface area contributed by atoms with Gasteiger partial charge in [0.1, 0.15) is 4.99 Å². The number of benzene rings is 1. The summed E-state index contributed by atoms with van der Waals surface area (Å²) < 4.78 is 13.3. The summed E-state index contributed by atoms with van der Waals surface area (Å²) in [7, 11) is 1.79. The Balaban J connectivity index is 2.37. The molecule has 6 heteroatoms. The van der Waals surface area contributed by atoms with Crippen molar-refractivity contribution in [3.05, 3.63) is 35.5 Å². The maximum Gasteiger partial charge on any atom is 0.228 e. The van der Waals surface area contributed by atoms with Crippen LogP contribution in [0.3, 0.4) is 0 Å². The highest BCUT2D eigenvalue weighted by atomic mass is 32.1. The highest BCUT2D eigenvalue weighted by molar-refractivity contribution is 7.80. The fraction of sp³-hybridized carbons (Fsp3) is 0.333. The molecule has 1 heterocycles. The largest absolute Gasteiger partial charge is 0.490 e. The van der Waals surface area contributed by atoms with Crippen molar-refractivity contribution in [1.29, 1.82) is 0 Å². The van der Waals surface area contributed by atoms with Crippen LogP contribution in [0.4, 0.5) is 0 Å². The van der Waals surface area contributed by atoms with Gasteiger partial charge in [0.05, 0.1) is 17.9 Å². The average molecular weight is 305 g/mol. The van der Waals surface area contributed by atoms with Crippen LogP contribution >= 0.6 is 12.2 Å². The fourth-order valence-corrected chi connectivity index (χ4v) is 2.24. The molecule has 0 unspecified atom stereocenters. The van der Waals surface area contributed by atoms with Gasteiger partial charge in [-0.15, -0.1) is 0 Å². The summed E-state index contributed by atoms with van der Waals surface area (Å²) in [6, 6.07) is 7.50. The smallest absolute Gasteiger partial charge is 0.228 e. The monoisotopic (exact) mass is 305 g/mol. The third-order valence-corrected chi connectivity index (χ3v) is 3.14. The van der Waals surface area contributed by atoms with Crippen molar-refractivity contribution in [2.24, 2.45) is 12.8 Å². The molecular formula is C15H19N3O2S. The molecule has 0 fully saturated rings. The first-order chi connectivity index (χ1) is 10.0. The molecule has 0 saturated heterocycles. The van der Waals surface area contributed by atoms with Gasteiger partial charge in [0, 0.05) is 7.05 Å². The first-order valence-electron chi connectivity index (χ1n) is 6.77. The minimum Gasteiger partial charge on any atom is -0.490 e. The summed E-state index contributed by atoms with van der Waals surface area (Å²) in [5.41, 5.74) is 7.16. The minimum atomic E-state index is 0.266. The van der Waals surface area contributed by atoms with Crippen LogP contribution in [0.25, 0.3) is 0 Å². The van der Waals surface area contributed by atoms with E-state index >= 15 is 0 Å². The summed E-state index contributed by atoms with van der Waals surface area (Å²) in [5, 5.41) is 4.30. The lowest BCUT2D eigenvalue weighted by atomic mass is 10.2. The quantitative estimate of drug-likeness (QED) is 0.831. The van der Waals surface area contributed by atoms with E-state index in [1.807, 2.05) is 31.2 Å². The highest BCUT2D eigenvalue weighted by Gasteiger charge is 2.19. The van der Waals surface area contributed by atoms with Crippen molar-refractivity contribution in [2.45, 2.75) is 20.3 Å². The lowest BCUT2D eigenvalue weighted by molar-refractivity contribution is 0.298. The minimum absolute atomic E-state index is 0.266. The molecule has 2 N–H and O–H groups in total. The Morgan fingerprint density at radius 2 is 2.00 bits per heavy atom. The van der Waals surface area contributed by atoms with Crippen LogP contribution in [0.1, 0.15) is 24.6 Å². The zero-order valence-electron chi connectivity index (χ0n) is 12.4. The number of thiocarbonyl (C=S) groups is 1. The van der Waals surface area contributed by atoms with Crippen LogP contribution in [-0.2, 0) is 7.05 Å². The standard InChI is InChI=1S/C15H19N3O2S/c1-4-9-19-11-7-5-6-8-12(11)20-15-13(14(16)21)10(2)17-18(15)3/h5-8H,4,9H2,1-3H3,(H2,16,21). The number of nitrogens with two attached hydrogens (primary N) is 1. The molecule has 1 aromatic heterocycles. The molecule has 5 nitrogen and oxygen atoms in total. The number of hydrogen-bond donors (Lipinski definition) is 1. The summed E-state index contributed by atoms with van der Waals surface area (Å²) in [5.74, 6) is 1.83. The van der Waals surface area contributed by atoms with Gasteiger partial charge < -0.3 is 15.2 Å². The predicted octanol–water partition coefficient (Wildman–Crippen LogP) is 2.94. The molecule has 0 saturated carbocycles. The van der Waals surface area contributed by atoms with Gasteiger partial charge in [-0.3, -0.25) is 0 Å². The van der Waals surface area contributed by atoms with E-state index < -0.39 is 0 Å². The number of hydrogen-bond acceptors (Lipinski definition) is 4.